The number of morpholine rings is 1. The maximum absolute atomic E-state index is 11.4. The Morgan fingerprint density at radius 2 is 1.11 bits per heavy atom. The molecular formula is C49H49N13O2. The van der Waals surface area contributed by atoms with E-state index in [1.54, 1.807) is 30.7 Å². The van der Waals surface area contributed by atoms with E-state index in [-0.39, 0.29) is 5.91 Å². The van der Waals surface area contributed by atoms with Gasteiger partial charge in [0, 0.05) is 127 Å². The average molecular weight is 852 g/mol. The number of hydrogen-bond donors (Lipinski definition) is 4. The lowest BCUT2D eigenvalue weighted by atomic mass is 10.1. The third kappa shape index (κ3) is 9.96. The molecule has 2 aliphatic rings. The van der Waals surface area contributed by atoms with E-state index in [1.807, 2.05) is 66.9 Å². The predicted octanol–water partition coefficient (Wildman–Crippen LogP) is 8.00. The van der Waals surface area contributed by atoms with Gasteiger partial charge in [0.25, 0.3) is 0 Å². The van der Waals surface area contributed by atoms with Crippen LogP contribution in [0.3, 0.4) is 0 Å². The number of hydrogen-bond acceptors (Lipinski definition) is 14. The smallest absolute Gasteiger partial charge is 0.227 e. The van der Waals surface area contributed by atoms with Crippen molar-refractivity contribution in [2.75, 3.05) is 91.0 Å². The largest absolute Gasteiger partial charge is 0.399 e. The Morgan fingerprint density at radius 3 is 1.64 bits per heavy atom. The summed E-state index contributed by atoms with van der Waals surface area (Å²) in [7, 11) is 2.17. The molecule has 6 heterocycles. The zero-order valence-electron chi connectivity index (χ0n) is 35.8. The van der Waals surface area contributed by atoms with Gasteiger partial charge in [-0.05, 0) is 79.8 Å². The zero-order valence-corrected chi connectivity index (χ0v) is 35.8. The van der Waals surface area contributed by atoms with E-state index in [1.165, 1.54) is 18.3 Å². The predicted molar refractivity (Wildman–Crippen MR) is 256 cm³/mol. The summed E-state index contributed by atoms with van der Waals surface area (Å²) in [5.41, 5.74) is 16.6. The Balaban J connectivity index is 0.000000162. The molecule has 10 rings (SSSR count). The molecule has 15 heteroatoms. The minimum absolute atomic E-state index is 0.126. The molecule has 0 spiro atoms. The van der Waals surface area contributed by atoms with E-state index in [4.69, 9.17) is 20.4 Å². The van der Waals surface area contributed by atoms with Gasteiger partial charge in [-0.25, -0.2) is 19.9 Å². The number of ether oxygens (including phenoxy) is 1. The lowest BCUT2D eigenvalue weighted by molar-refractivity contribution is -0.114. The fraction of sp³-hybridized carbons (Fsp3) is 0.204. The highest BCUT2D eigenvalue weighted by atomic mass is 16.5. The number of piperazine rings is 1. The molecule has 2 saturated heterocycles. The van der Waals surface area contributed by atoms with Gasteiger partial charge in [0.1, 0.15) is 0 Å². The van der Waals surface area contributed by atoms with Gasteiger partial charge < -0.3 is 41.1 Å². The van der Waals surface area contributed by atoms with E-state index >= 15 is 0 Å². The third-order valence-electron chi connectivity index (χ3n) is 11.1. The summed E-state index contributed by atoms with van der Waals surface area (Å²) in [5, 5.41) is 11.3. The Labute approximate surface area is 371 Å². The highest BCUT2D eigenvalue weighted by Crippen LogP contribution is 2.30. The summed E-state index contributed by atoms with van der Waals surface area (Å²) < 4.78 is 5.43. The number of pyridine rings is 2. The molecule has 4 aromatic carbocycles. The van der Waals surface area contributed by atoms with Crippen LogP contribution in [-0.2, 0) is 9.53 Å². The van der Waals surface area contributed by atoms with Gasteiger partial charge >= 0.3 is 0 Å². The van der Waals surface area contributed by atoms with Crippen LogP contribution in [-0.4, -0.2) is 100 Å². The zero-order chi connectivity index (χ0) is 43.8. The minimum Gasteiger partial charge on any atom is -0.399 e. The Bertz CT molecular complexity index is 2880. The lowest BCUT2D eigenvalue weighted by Crippen LogP contribution is -2.44. The number of nitrogens with two attached hydrogens (primary N) is 1. The summed E-state index contributed by atoms with van der Waals surface area (Å²) in [5.74, 6) is 0.932. The quantitative estimate of drug-likeness (QED) is 0.110. The van der Waals surface area contributed by atoms with E-state index in [0.717, 1.165) is 108 Å². The number of carbonyl (C=O) groups excluding carboxylic acids is 1. The van der Waals surface area contributed by atoms with Crippen molar-refractivity contribution >= 4 is 73.7 Å². The fourth-order valence-electron chi connectivity index (χ4n) is 7.75. The van der Waals surface area contributed by atoms with Gasteiger partial charge in [-0.15, -0.1) is 0 Å². The van der Waals surface area contributed by atoms with Gasteiger partial charge in [0.2, 0.25) is 17.8 Å². The number of likely N-dealkylation sites (N-methyl/N-ethyl adjacent to an activating group) is 1. The van der Waals surface area contributed by atoms with E-state index < -0.39 is 0 Å². The van der Waals surface area contributed by atoms with Gasteiger partial charge in [-0.2, -0.15) is 0 Å². The van der Waals surface area contributed by atoms with E-state index in [0.29, 0.717) is 23.3 Å². The van der Waals surface area contributed by atoms with Crippen molar-refractivity contribution in [2.24, 2.45) is 0 Å². The first-order valence-corrected chi connectivity index (χ1v) is 21.3. The van der Waals surface area contributed by atoms with Crippen molar-refractivity contribution in [1.82, 2.24) is 34.8 Å². The molecule has 0 atom stereocenters. The summed E-state index contributed by atoms with van der Waals surface area (Å²) in [6.45, 7) is 9.10. The monoisotopic (exact) mass is 851 g/mol. The van der Waals surface area contributed by atoms with Gasteiger partial charge in [-0.3, -0.25) is 14.8 Å². The van der Waals surface area contributed by atoms with Gasteiger partial charge in [0.05, 0.1) is 35.6 Å². The standard InChI is InChI=1S/C25H24N6O2.C24H25N7/c1-17(32)28-20-9-10-26-23(15-20)22-4-2-3-18-16-27-25(30-24(18)22)29-19-5-7-21(8-6-19)31-11-13-33-14-12-31;1-30-11-13-31(14-12-30)20-7-5-19(6-8-20)28-24-27-16-17-3-2-4-21(23(17)29-24)22-15-18(25)9-10-26-22/h2-10,15-16H,11-14H2,1H3,(H,26,28,32)(H,27,29,30);2-10,15-16H,11-14H2,1H3,(H2,25,26)(H,27,28,29). The van der Waals surface area contributed by atoms with Crippen LogP contribution in [0.5, 0.6) is 0 Å². The molecule has 2 fully saturated rings. The van der Waals surface area contributed by atoms with Crippen molar-refractivity contribution in [3.63, 3.8) is 0 Å². The number of amides is 1. The summed E-state index contributed by atoms with van der Waals surface area (Å²) in [6, 6.07) is 35.8. The lowest BCUT2D eigenvalue weighted by Gasteiger charge is -2.34. The second-order valence-corrected chi connectivity index (χ2v) is 15.7. The highest BCUT2D eigenvalue weighted by molar-refractivity contribution is 5.95. The fourth-order valence-corrected chi connectivity index (χ4v) is 7.75. The molecule has 0 saturated carbocycles. The minimum atomic E-state index is -0.126. The van der Waals surface area contributed by atoms with Crippen LogP contribution in [0.1, 0.15) is 6.92 Å². The SMILES string of the molecule is CC(=O)Nc1ccnc(-c2cccc3cnc(Nc4ccc(N5CCOCC5)cc4)nc23)c1.CN1CCN(c2ccc(Nc3ncc4cccc(-c5cc(N)ccn5)c4n3)cc2)CC1. The molecule has 0 radical (unpaired) electrons. The number of benzene rings is 4. The molecule has 322 valence electrons. The van der Waals surface area contributed by atoms with Gasteiger partial charge in [0.15, 0.2) is 0 Å². The Morgan fingerprint density at radius 1 is 0.594 bits per heavy atom. The van der Waals surface area contributed by atoms with Crippen molar-refractivity contribution < 1.29 is 9.53 Å². The highest BCUT2D eigenvalue weighted by Gasteiger charge is 2.16. The summed E-state index contributed by atoms with van der Waals surface area (Å²) in [4.78, 5) is 46.0. The van der Waals surface area contributed by atoms with Crippen LogP contribution in [0, 0.1) is 0 Å². The first-order chi connectivity index (χ1) is 31.3. The van der Waals surface area contributed by atoms with Crippen molar-refractivity contribution in [3.8, 4) is 22.5 Å². The Hall–Kier alpha value is -7.75. The molecule has 1 amide bonds. The van der Waals surface area contributed by atoms with Crippen molar-refractivity contribution in [1.29, 1.82) is 0 Å². The molecule has 0 bridgehead atoms. The molecule has 64 heavy (non-hydrogen) atoms. The summed E-state index contributed by atoms with van der Waals surface area (Å²) in [6.07, 6.45) is 7.02. The second kappa shape index (κ2) is 19.1. The van der Waals surface area contributed by atoms with Crippen LogP contribution in [0.15, 0.2) is 134 Å². The maximum Gasteiger partial charge on any atom is 0.227 e. The average Bonchev–Trinajstić information content (AvgIpc) is 3.32. The van der Waals surface area contributed by atoms with Crippen LogP contribution in [0.4, 0.5) is 46.0 Å². The molecule has 8 aromatic rings. The molecule has 0 unspecified atom stereocenters. The number of carbonyl (C=O) groups is 1. The summed E-state index contributed by atoms with van der Waals surface area (Å²) >= 11 is 0. The first kappa shape index (κ1) is 41.6. The number of nitrogen functional groups attached to an aromatic ring is 1. The van der Waals surface area contributed by atoms with Crippen molar-refractivity contribution in [3.05, 3.63) is 134 Å². The number of nitrogens with one attached hydrogen (secondary N) is 3. The normalized spacial score (nSPS) is 14.2. The number of aromatic nitrogens is 6. The van der Waals surface area contributed by atoms with Crippen LogP contribution in [0.2, 0.25) is 0 Å². The number of rotatable bonds is 9. The number of fused-ring (bicyclic) bond motifs is 2. The number of para-hydroxylation sites is 2. The molecule has 5 N–H and O–H groups in total. The van der Waals surface area contributed by atoms with Crippen LogP contribution in [0.25, 0.3) is 44.3 Å². The van der Waals surface area contributed by atoms with E-state index in [2.05, 4.69) is 94.0 Å². The van der Waals surface area contributed by atoms with E-state index in [9.17, 15) is 4.79 Å². The molecular weight excluding hydrogens is 803 g/mol. The first-order valence-electron chi connectivity index (χ1n) is 21.3. The topological polar surface area (TPSA) is 175 Å². The van der Waals surface area contributed by atoms with Crippen molar-refractivity contribution in [2.45, 2.75) is 6.92 Å². The number of nitrogens with zero attached hydrogens (tertiary/aromatic N) is 9. The molecule has 15 nitrogen and oxygen atoms in total. The molecule has 4 aromatic heterocycles. The third-order valence-corrected chi connectivity index (χ3v) is 11.1. The maximum atomic E-state index is 11.4. The van der Waals surface area contributed by atoms with Crippen LogP contribution >= 0.6 is 0 Å². The molecule has 2 aliphatic heterocycles. The second-order valence-electron chi connectivity index (χ2n) is 15.7. The number of anilines is 8. The Kier molecular flexibility index (Phi) is 12.4. The van der Waals surface area contributed by atoms with Gasteiger partial charge in [-0.1, -0.05) is 36.4 Å². The van der Waals surface area contributed by atoms with Crippen LogP contribution < -0.4 is 31.5 Å². The molecule has 0 aliphatic carbocycles.